The molecule has 0 bridgehead atoms. The number of thiophene rings is 1. The lowest BCUT2D eigenvalue weighted by atomic mass is 10.1. The van der Waals surface area contributed by atoms with Crippen LogP contribution in [0.25, 0.3) is 0 Å². The SMILES string of the molecule is COc1cccc(C#N)c1NC(=O)c1cc(Br)c(Br)s1. The zero-order chi connectivity index (χ0) is 14.7. The molecule has 1 heterocycles. The van der Waals surface area contributed by atoms with Gasteiger partial charge in [-0.05, 0) is 50.1 Å². The second kappa shape index (κ2) is 6.39. The molecule has 0 saturated heterocycles. The van der Waals surface area contributed by atoms with E-state index in [1.54, 1.807) is 24.3 Å². The Morgan fingerprint density at radius 1 is 1.45 bits per heavy atom. The predicted octanol–water partition coefficient (Wildman–Crippen LogP) is 4.41. The van der Waals surface area contributed by atoms with Gasteiger partial charge < -0.3 is 10.1 Å². The van der Waals surface area contributed by atoms with Crippen LogP contribution >= 0.6 is 43.2 Å². The topological polar surface area (TPSA) is 62.1 Å². The molecule has 0 aliphatic carbocycles. The fourth-order valence-electron chi connectivity index (χ4n) is 1.56. The van der Waals surface area contributed by atoms with Gasteiger partial charge in [-0.3, -0.25) is 4.79 Å². The standard InChI is InChI=1S/C13H8Br2N2O2S/c1-19-9-4-2-3-7(6-16)11(9)17-13(18)10-5-8(14)12(15)20-10/h2-5H,1H3,(H,17,18). The molecule has 0 spiro atoms. The van der Waals surface area contributed by atoms with Crippen molar-refractivity contribution in [2.24, 2.45) is 0 Å². The Bertz CT molecular complexity index is 687. The normalized spacial score (nSPS) is 9.90. The van der Waals surface area contributed by atoms with E-state index in [2.05, 4.69) is 37.2 Å². The number of nitriles is 1. The first-order valence-corrected chi connectivity index (χ1v) is 7.80. The van der Waals surface area contributed by atoms with Gasteiger partial charge in [0.1, 0.15) is 17.5 Å². The molecule has 0 saturated carbocycles. The van der Waals surface area contributed by atoms with Crippen molar-refractivity contribution in [3.63, 3.8) is 0 Å². The number of amides is 1. The summed E-state index contributed by atoms with van der Waals surface area (Å²) in [6.07, 6.45) is 0. The Morgan fingerprint density at radius 3 is 2.75 bits per heavy atom. The molecule has 4 nitrogen and oxygen atoms in total. The number of carbonyl (C=O) groups is 1. The third kappa shape index (κ3) is 3.03. The number of carbonyl (C=O) groups excluding carboxylic acids is 1. The molecule has 0 atom stereocenters. The average molecular weight is 416 g/mol. The second-order valence-corrected chi connectivity index (χ2v) is 6.91. The molecule has 1 N–H and O–H groups in total. The van der Waals surface area contributed by atoms with E-state index in [-0.39, 0.29) is 5.91 Å². The van der Waals surface area contributed by atoms with Crippen LogP contribution in [0.15, 0.2) is 32.5 Å². The number of rotatable bonds is 3. The van der Waals surface area contributed by atoms with Crippen LogP contribution in [0.4, 0.5) is 5.69 Å². The minimum Gasteiger partial charge on any atom is -0.495 e. The number of ether oxygens (including phenoxy) is 1. The lowest BCUT2D eigenvalue weighted by Crippen LogP contribution is -2.12. The molecule has 1 amide bonds. The number of benzene rings is 1. The molecule has 0 radical (unpaired) electrons. The maximum Gasteiger partial charge on any atom is 0.265 e. The van der Waals surface area contributed by atoms with Crippen LogP contribution in [0.3, 0.4) is 0 Å². The highest BCUT2D eigenvalue weighted by Gasteiger charge is 2.16. The van der Waals surface area contributed by atoms with E-state index >= 15 is 0 Å². The van der Waals surface area contributed by atoms with E-state index in [4.69, 9.17) is 10.00 Å². The van der Waals surface area contributed by atoms with Crippen LogP contribution in [-0.4, -0.2) is 13.0 Å². The number of hydrogen-bond acceptors (Lipinski definition) is 4. The van der Waals surface area contributed by atoms with Crippen molar-refractivity contribution in [2.45, 2.75) is 0 Å². The Hall–Kier alpha value is -1.36. The summed E-state index contributed by atoms with van der Waals surface area (Å²) in [5.74, 6) is 0.162. The van der Waals surface area contributed by atoms with Gasteiger partial charge in [-0.25, -0.2) is 0 Å². The van der Waals surface area contributed by atoms with Crippen molar-refractivity contribution in [2.75, 3.05) is 12.4 Å². The fraction of sp³-hybridized carbons (Fsp3) is 0.0769. The number of para-hydroxylation sites is 1. The van der Waals surface area contributed by atoms with Crippen LogP contribution in [-0.2, 0) is 0 Å². The van der Waals surface area contributed by atoms with Gasteiger partial charge in [0.15, 0.2) is 0 Å². The number of anilines is 1. The summed E-state index contributed by atoms with van der Waals surface area (Å²) in [7, 11) is 1.49. The number of nitrogens with one attached hydrogen (secondary N) is 1. The van der Waals surface area contributed by atoms with Crippen LogP contribution < -0.4 is 10.1 Å². The first-order chi connectivity index (χ1) is 9.56. The molecular weight excluding hydrogens is 408 g/mol. The lowest BCUT2D eigenvalue weighted by molar-refractivity contribution is 0.103. The quantitative estimate of drug-likeness (QED) is 0.807. The minimum absolute atomic E-state index is 0.289. The molecule has 102 valence electrons. The Balaban J connectivity index is 2.35. The van der Waals surface area contributed by atoms with Gasteiger partial charge in [-0.1, -0.05) is 6.07 Å². The van der Waals surface area contributed by atoms with Gasteiger partial charge in [0.2, 0.25) is 0 Å². The van der Waals surface area contributed by atoms with Gasteiger partial charge in [0.05, 0.1) is 21.3 Å². The van der Waals surface area contributed by atoms with Gasteiger partial charge in [-0.2, -0.15) is 5.26 Å². The van der Waals surface area contributed by atoms with Gasteiger partial charge in [0.25, 0.3) is 5.91 Å². The number of nitrogens with zero attached hydrogens (tertiary/aromatic N) is 1. The monoisotopic (exact) mass is 414 g/mol. The summed E-state index contributed by atoms with van der Waals surface area (Å²) in [6, 6.07) is 8.76. The molecule has 20 heavy (non-hydrogen) atoms. The zero-order valence-electron chi connectivity index (χ0n) is 10.2. The van der Waals surface area contributed by atoms with Gasteiger partial charge in [0, 0.05) is 4.47 Å². The van der Waals surface area contributed by atoms with Crippen molar-refractivity contribution in [1.29, 1.82) is 5.26 Å². The van der Waals surface area contributed by atoms with Crippen LogP contribution in [0.2, 0.25) is 0 Å². The maximum atomic E-state index is 12.2. The van der Waals surface area contributed by atoms with Crippen LogP contribution in [0.1, 0.15) is 15.2 Å². The largest absolute Gasteiger partial charge is 0.495 e. The van der Waals surface area contributed by atoms with Crippen molar-refractivity contribution < 1.29 is 9.53 Å². The predicted molar refractivity (Wildman–Crippen MR) is 85.4 cm³/mol. The molecule has 0 aliphatic heterocycles. The Labute approximate surface area is 136 Å². The van der Waals surface area contributed by atoms with Crippen molar-refractivity contribution in [1.82, 2.24) is 0 Å². The highest BCUT2D eigenvalue weighted by molar-refractivity contribution is 9.13. The van der Waals surface area contributed by atoms with E-state index < -0.39 is 0 Å². The van der Waals surface area contributed by atoms with Crippen molar-refractivity contribution in [3.8, 4) is 11.8 Å². The van der Waals surface area contributed by atoms with E-state index in [0.717, 1.165) is 8.26 Å². The second-order valence-electron chi connectivity index (χ2n) is 3.68. The summed E-state index contributed by atoms with van der Waals surface area (Å²) in [4.78, 5) is 12.7. The molecule has 1 aromatic carbocycles. The molecule has 7 heteroatoms. The first-order valence-electron chi connectivity index (χ1n) is 5.40. The molecular formula is C13H8Br2N2O2S. The van der Waals surface area contributed by atoms with Gasteiger partial charge >= 0.3 is 0 Å². The summed E-state index contributed by atoms with van der Waals surface area (Å²) < 4.78 is 6.82. The van der Waals surface area contributed by atoms with E-state index in [1.165, 1.54) is 18.4 Å². The summed E-state index contributed by atoms with van der Waals surface area (Å²) in [5.41, 5.74) is 0.732. The summed E-state index contributed by atoms with van der Waals surface area (Å²) in [5, 5.41) is 11.8. The molecule has 0 aliphatic rings. The summed E-state index contributed by atoms with van der Waals surface area (Å²) in [6.45, 7) is 0. The molecule has 0 fully saturated rings. The van der Waals surface area contributed by atoms with Crippen LogP contribution in [0, 0.1) is 11.3 Å². The average Bonchev–Trinajstić information content (AvgIpc) is 2.79. The van der Waals surface area contributed by atoms with Crippen molar-refractivity contribution in [3.05, 3.63) is 43.0 Å². The Morgan fingerprint density at radius 2 is 2.20 bits per heavy atom. The Kier molecular flexibility index (Phi) is 4.81. The smallest absolute Gasteiger partial charge is 0.265 e. The lowest BCUT2D eigenvalue weighted by Gasteiger charge is -2.10. The molecule has 2 aromatic rings. The molecule has 0 unspecified atom stereocenters. The van der Waals surface area contributed by atoms with Crippen molar-refractivity contribution >= 4 is 54.8 Å². The van der Waals surface area contributed by atoms with E-state index in [1.807, 2.05) is 6.07 Å². The highest BCUT2D eigenvalue weighted by Crippen LogP contribution is 2.34. The number of halogens is 2. The fourth-order valence-corrected chi connectivity index (χ4v) is 3.49. The maximum absolute atomic E-state index is 12.2. The van der Waals surface area contributed by atoms with Gasteiger partial charge in [-0.15, -0.1) is 11.3 Å². The summed E-state index contributed by atoms with van der Waals surface area (Å²) >= 11 is 7.98. The highest BCUT2D eigenvalue weighted by atomic mass is 79.9. The first kappa shape index (κ1) is 15.0. The zero-order valence-corrected chi connectivity index (χ0v) is 14.2. The third-order valence-corrected chi connectivity index (χ3v) is 5.73. The third-order valence-electron chi connectivity index (χ3n) is 2.47. The number of methoxy groups -OCH3 is 1. The minimum atomic E-state index is -0.289. The van der Waals surface area contributed by atoms with E-state index in [0.29, 0.717) is 21.9 Å². The number of hydrogen-bond donors (Lipinski definition) is 1. The van der Waals surface area contributed by atoms with E-state index in [9.17, 15) is 4.79 Å². The molecule has 1 aromatic heterocycles. The molecule has 2 rings (SSSR count). The van der Waals surface area contributed by atoms with Crippen LogP contribution in [0.5, 0.6) is 5.75 Å².